The van der Waals surface area contributed by atoms with Crippen LogP contribution in [-0.2, 0) is 16.1 Å². The average molecular weight is 446 g/mol. The topological polar surface area (TPSA) is 114 Å². The molecule has 5 rings (SSSR count). The number of hydrogen-bond donors (Lipinski definition) is 2. The Balaban J connectivity index is 1.27. The number of primary amides is 1. The summed E-state index contributed by atoms with van der Waals surface area (Å²) in [4.78, 5) is 29.2. The van der Waals surface area contributed by atoms with Crippen molar-refractivity contribution in [1.29, 1.82) is 0 Å². The highest BCUT2D eigenvalue weighted by atomic mass is 32.1. The number of para-hydroxylation sites is 2. The third-order valence-electron chi connectivity index (χ3n) is 5.11. The molecule has 1 aliphatic heterocycles. The molecule has 3 N–H and O–H groups in total. The Morgan fingerprint density at radius 3 is 2.66 bits per heavy atom. The summed E-state index contributed by atoms with van der Waals surface area (Å²) in [6, 6.07) is 20.0. The molecule has 2 amide bonds. The predicted molar refractivity (Wildman–Crippen MR) is 123 cm³/mol. The van der Waals surface area contributed by atoms with E-state index in [4.69, 9.17) is 10.2 Å². The van der Waals surface area contributed by atoms with Gasteiger partial charge in [-0.2, -0.15) is 5.10 Å². The summed E-state index contributed by atoms with van der Waals surface area (Å²) in [6.07, 6.45) is 0.144. The number of fused-ring (bicyclic) bond motifs is 1. The minimum absolute atomic E-state index is 0.144. The van der Waals surface area contributed by atoms with Crippen molar-refractivity contribution in [3.63, 3.8) is 0 Å². The minimum Gasteiger partial charge on any atom is -0.457 e. The van der Waals surface area contributed by atoms with Crippen LogP contribution in [0.5, 0.6) is 0 Å². The van der Waals surface area contributed by atoms with E-state index in [1.807, 2.05) is 60.7 Å². The van der Waals surface area contributed by atoms with Gasteiger partial charge in [0, 0.05) is 6.42 Å². The van der Waals surface area contributed by atoms with Crippen molar-refractivity contribution in [3.05, 3.63) is 72.5 Å². The van der Waals surface area contributed by atoms with E-state index >= 15 is 0 Å². The van der Waals surface area contributed by atoms with E-state index in [1.165, 1.54) is 5.01 Å². The van der Waals surface area contributed by atoms with E-state index in [2.05, 4.69) is 15.4 Å². The van der Waals surface area contributed by atoms with E-state index < -0.39 is 11.9 Å². The van der Waals surface area contributed by atoms with Gasteiger partial charge in [0.2, 0.25) is 5.91 Å². The van der Waals surface area contributed by atoms with Crippen LogP contribution in [0.3, 0.4) is 0 Å². The van der Waals surface area contributed by atoms with Crippen LogP contribution in [0.15, 0.2) is 76.2 Å². The van der Waals surface area contributed by atoms with Gasteiger partial charge in [0.25, 0.3) is 5.91 Å². The number of nitrogens with one attached hydrogen (secondary N) is 1. The Labute approximate surface area is 187 Å². The third-order valence-corrected chi connectivity index (χ3v) is 6.16. The second-order valence-corrected chi connectivity index (χ2v) is 8.32. The molecule has 0 fully saturated rings. The van der Waals surface area contributed by atoms with Crippen LogP contribution >= 0.6 is 11.3 Å². The summed E-state index contributed by atoms with van der Waals surface area (Å²) in [6.45, 7) is 0.190. The number of furan rings is 1. The number of hydrazone groups is 1. The van der Waals surface area contributed by atoms with Crippen molar-refractivity contribution in [1.82, 2.24) is 10.3 Å². The molecule has 160 valence electrons. The van der Waals surface area contributed by atoms with Crippen LogP contribution in [0, 0.1) is 0 Å². The fourth-order valence-electron chi connectivity index (χ4n) is 3.52. The molecular weight excluding hydrogens is 426 g/mol. The zero-order valence-corrected chi connectivity index (χ0v) is 17.7. The van der Waals surface area contributed by atoms with E-state index in [9.17, 15) is 9.59 Å². The third kappa shape index (κ3) is 3.85. The Morgan fingerprint density at radius 2 is 1.88 bits per heavy atom. The average Bonchev–Trinajstić information content (AvgIpc) is 3.55. The standard InChI is InChI=1S/C23H19N5O3S/c24-21(29)18-12-17(27-28(18)14-6-2-1-3-7-14)22(30)25-13-15-10-11-19(31-15)23-26-16-8-4-5-9-20(16)32-23/h1-11,18H,12-13H2,(H2,24,29)(H,25,30). The molecule has 4 aromatic rings. The number of carbonyl (C=O) groups is 2. The number of nitrogens with two attached hydrogens (primary N) is 1. The van der Waals surface area contributed by atoms with Crippen molar-refractivity contribution >= 4 is 44.8 Å². The Bertz CT molecular complexity index is 1290. The number of anilines is 1. The summed E-state index contributed by atoms with van der Waals surface area (Å²) in [5.74, 6) is 0.342. The molecule has 0 aliphatic carbocycles. The molecule has 0 saturated heterocycles. The van der Waals surface area contributed by atoms with Crippen LogP contribution in [0.4, 0.5) is 5.69 Å². The Kier molecular flexibility index (Phi) is 5.16. The highest BCUT2D eigenvalue weighted by Crippen LogP contribution is 2.31. The highest BCUT2D eigenvalue weighted by Gasteiger charge is 2.34. The minimum atomic E-state index is -0.701. The van der Waals surface area contributed by atoms with Crippen molar-refractivity contribution in [2.75, 3.05) is 5.01 Å². The lowest BCUT2D eigenvalue weighted by Gasteiger charge is -2.20. The molecule has 32 heavy (non-hydrogen) atoms. The molecule has 1 aliphatic rings. The molecule has 9 heteroatoms. The molecule has 1 atom stereocenters. The largest absolute Gasteiger partial charge is 0.457 e. The molecule has 0 radical (unpaired) electrons. The van der Waals surface area contributed by atoms with E-state index in [0.29, 0.717) is 17.2 Å². The maximum atomic E-state index is 12.7. The molecule has 0 bridgehead atoms. The van der Waals surface area contributed by atoms with Crippen LogP contribution < -0.4 is 16.1 Å². The van der Waals surface area contributed by atoms with E-state index in [1.54, 1.807) is 17.4 Å². The number of benzene rings is 2. The molecule has 0 saturated carbocycles. The summed E-state index contributed by atoms with van der Waals surface area (Å²) < 4.78 is 6.95. The van der Waals surface area contributed by atoms with Crippen LogP contribution in [-0.4, -0.2) is 28.6 Å². The van der Waals surface area contributed by atoms with Gasteiger partial charge in [-0.1, -0.05) is 30.3 Å². The van der Waals surface area contributed by atoms with Gasteiger partial charge >= 0.3 is 0 Å². The summed E-state index contributed by atoms with van der Waals surface area (Å²) >= 11 is 1.55. The second kappa shape index (κ2) is 8.27. The first kappa shape index (κ1) is 20.0. The number of rotatable bonds is 6. The Morgan fingerprint density at radius 1 is 1.09 bits per heavy atom. The molecule has 1 unspecified atom stereocenters. The molecule has 2 aromatic carbocycles. The first-order chi connectivity index (χ1) is 15.6. The zero-order valence-electron chi connectivity index (χ0n) is 16.9. The van der Waals surface area contributed by atoms with Gasteiger partial charge < -0.3 is 15.5 Å². The molecular formula is C23H19N5O3S. The fraction of sp³-hybridized carbons (Fsp3) is 0.130. The van der Waals surface area contributed by atoms with Crippen LogP contribution in [0.2, 0.25) is 0 Å². The first-order valence-electron chi connectivity index (χ1n) is 10.0. The molecule has 3 heterocycles. The fourth-order valence-corrected chi connectivity index (χ4v) is 4.45. The molecule has 0 spiro atoms. The lowest BCUT2D eigenvalue weighted by atomic mass is 10.1. The van der Waals surface area contributed by atoms with Crippen molar-refractivity contribution < 1.29 is 14.0 Å². The summed E-state index contributed by atoms with van der Waals surface area (Å²) in [7, 11) is 0. The number of carbonyl (C=O) groups excluding carboxylic acids is 2. The number of aromatic nitrogens is 1. The van der Waals surface area contributed by atoms with Crippen molar-refractivity contribution in [2.24, 2.45) is 10.8 Å². The lowest BCUT2D eigenvalue weighted by molar-refractivity contribution is -0.119. The van der Waals surface area contributed by atoms with Gasteiger partial charge in [-0.15, -0.1) is 11.3 Å². The van der Waals surface area contributed by atoms with Crippen molar-refractivity contribution in [3.8, 4) is 10.8 Å². The predicted octanol–water partition coefficient (Wildman–Crippen LogP) is 3.29. The smallest absolute Gasteiger partial charge is 0.267 e. The summed E-state index contributed by atoms with van der Waals surface area (Å²) in [5.41, 5.74) is 7.40. The normalized spacial score (nSPS) is 15.7. The van der Waals surface area contributed by atoms with Crippen molar-refractivity contribution in [2.45, 2.75) is 19.0 Å². The van der Waals surface area contributed by atoms with Gasteiger partial charge in [0.05, 0.1) is 22.4 Å². The first-order valence-corrected chi connectivity index (χ1v) is 10.8. The van der Waals surface area contributed by atoms with Gasteiger partial charge in [-0.05, 0) is 36.4 Å². The molecule has 2 aromatic heterocycles. The maximum absolute atomic E-state index is 12.7. The number of amides is 2. The van der Waals surface area contributed by atoms with Gasteiger partial charge in [0.1, 0.15) is 17.5 Å². The van der Waals surface area contributed by atoms with Crippen LogP contribution in [0.1, 0.15) is 12.2 Å². The zero-order chi connectivity index (χ0) is 22.1. The van der Waals surface area contributed by atoms with Gasteiger partial charge in [0.15, 0.2) is 10.8 Å². The Hall–Kier alpha value is -3.98. The van der Waals surface area contributed by atoms with Crippen LogP contribution in [0.25, 0.3) is 21.0 Å². The number of nitrogens with zero attached hydrogens (tertiary/aromatic N) is 3. The number of thiazole rings is 1. The quantitative estimate of drug-likeness (QED) is 0.473. The number of hydrogen-bond acceptors (Lipinski definition) is 7. The molecule has 8 nitrogen and oxygen atoms in total. The van der Waals surface area contributed by atoms with E-state index in [-0.39, 0.29) is 24.6 Å². The highest BCUT2D eigenvalue weighted by molar-refractivity contribution is 7.21. The summed E-state index contributed by atoms with van der Waals surface area (Å²) in [5, 5.41) is 9.43. The van der Waals surface area contributed by atoms with Gasteiger partial charge in [-0.25, -0.2) is 4.98 Å². The maximum Gasteiger partial charge on any atom is 0.267 e. The lowest BCUT2D eigenvalue weighted by Crippen LogP contribution is -2.39. The SMILES string of the molecule is NC(=O)C1CC(C(=O)NCc2ccc(-c3nc4ccccc4s3)o2)=NN1c1ccccc1. The van der Waals surface area contributed by atoms with E-state index in [0.717, 1.165) is 15.2 Å². The van der Waals surface area contributed by atoms with Gasteiger partial charge in [-0.3, -0.25) is 14.6 Å². The monoisotopic (exact) mass is 445 g/mol. The second-order valence-electron chi connectivity index (χ2n) is 7.28.